The van der Waals surface area contributed by atoms with Crippen LogP contribution in [0.2, 0.25) is 0 Å². The average Bonchev–Trinajstić information content (AvgIpc) is 2.78. The number of imidazole rings is 1. The first-order valence-corrected chi connectivity index (χ1v) is 6.06. The van der Waals surface area contributed by atoms with Gasteiger partial charge in [0.25, 0.3) is 0 Å². The van der Waals surface area contributed by atoms with Gasteiger partial charge in [0, 0.05) is 25.0 Å². The first-order valence-electron chi connectivity index (χ1n) is 6.06. The van der Waals surface area contributed by atoms with Crippen LogP contribution >= 0.6 is 0 Å². The quantitative estimate of drug-likeness (QED) is 0.869. The number of aromatic nitrogens is 3. The van der Waals surface area contributed by atoms with Gasteiger partial charge in [0.05, 0.1) is 6.10 Å². The second-order valence-corrected chi connectivity index (χ2v) is 4.24. The van der Waals surface area contributed by atoms with Crippen molar-refractivity contribution < 1.29 is 4.74 Å². The Morgan fingerprint density at radius 2 is 2.17 bits per heavy atom. The second-order valence-electron chi connectivity index (χ2n) is 4.24. The molecule has 0 bridgehead atoms. The fourth-order valence-electron chi connectivity index (χ4n) is 1.75. The maximum atomic E-state index is 5.76. The lowest BCUT2D eigenvalue weighted by molar-refractivity contribution is 0.240. The average molecular weight is 246 g/mol. The van der Waals surface area contributed by atoms with Gasteiger partial charge in [-0.15, -0.1) is 0 Å². The van der Waals surface area contributed by atoms with Gasteiger partial charge in [0.2, 0.25) is 0 Å². The molecule has 0 aliphatic rings. The fourth-order valence-corrected chi connectivity index (χ4v) is 1.75. The van der Waals surface area contributed by atoms with E-state index in [1.807, 2.05) is 36.7 Å². The van der Waals surface area contributed by atoms with Gasteiger partial charge in [0.15, 0.2) is 11.6 Å². The molecule has 0 atom stereocenters. The Morgan fingerprint density at radius 3 is 2.89 bits per heavy atom. The highest BCUT2D eigenvalue weighted by Gasteiger charge is 2.11. The molecule has 2 rings (SSSR count). The fraction of sp³-hybridized carbons (Fsp3) is 0.385. The van der Waals surface area contributed by atoms with Crippen LogP contribution in [0.3, 0.4) is 0 Å². The highest BCUT2D eigenvalue weighted by atomic mass is 16.5. The van der Waals surface area contributed by atoms with Crippen molar-refractivity contribution >= 4 is 0 Å². The summed E-state index contributed by atoms with van der Waals surface area (Å²) in [6, 6.07) is 3.77. The maximum Gasteiger partial charge on any atom is 0.181 e. The van der Waals surface area contributed by atoms with E-state index in [-0.39, 0.29) is 6.10 Å². The van der Waals surface area contributed by atoms with E-state index >= 15 is 0 Å². The van der Waals surface area contributed by atoms with Crippen molar-refractivity contribution in [3.8, 4) is 11.6 Å². The van der Waals surface area contributed by atoms with Crippen molar-refractivity contribution in [3.63, 3.8) is 0 Å². The van der Waals surface area contributed by atoms with Crippen molar-refractivity contribution in [3.05, 3.63) is 36.5 Å². The molecule has 0 amide bonds. The number of rotatable bonds is 5. The van der Waals surface area contributed by atoms with Crippen LogP contribution < -0.4 is 10.5 Å². The molecule has 0 saturated heterocycles. The van der Waals surface area contributed by atoms with Crippen molar-refractivity contribution in [2.45, 2.75) is 26.4 Å². The van der Waals surface area contributed by atoms with Crippen LogP contribution in [0, 0.1) is 0 Å². The van der Waals surface area contributed by atoms with Crippen molar-refractivity contribution in [1.82, 2.24) is 14.5 Å². The van der Waals surface area contributed by atoms with Crippen LogP contribution in [-0.4, -0.2) is 27.2 Å². The monoisotopic (exact) mass is 246 g/mol. The maximum absolute atomic E-state index is 5.76. The first-order chi connectivity index (χ1) is 8.72. The van der Waals surface area contributed by atoms with Gasteiger partial charge in [-0.1, -0.05) is 0 Å². The minimum Gasteiger partial charge on any atom is -0.487 e. The molecule has 5 heteroatoms. The third kappa shape index (κ3) is 2.68. The molecule has 0 aliphatic carbocycles. The molecule has 18 heavy (non-hydrogen) atoms. The topological polar surface area (TPSA) is 66.0 Å². The third-order valence-corrected chi connectivity index (χ3v) is 2.43. The number of hydrogen-bond acceptors (Lipinski definition) is 4. The van der Waals surface area contributed by atoms with Gasteiger partial charge in [-0.2, -0.15) is 0 Å². The van der Waals surface area contributed by atoms with Gasteiger partial charge in [-0.05, 0) is 32.5 Å². The molecule has 0 radical (unpaired) electrons. The van der Waals surface area contributed by atoms with E-state index in [1.165, 1.54) is 0 Å². The summed E-state index contributed by atoms with van der Waals surface area (Å²) in [7, 11) is 0. The van der Waals surface area contributed by atoms with Crippen LogP contribution in [-0.2, 0) is 6.42 Å². The minimum absolute atomic E-state index is 0.106. The van der Waals surface area contributed by atoms with Gasteiger partial charge >= 0.3 is 0 Å². The van der Waals surface area contributed by atoms with Crippen LogP contribution in [0.5, 0.6) is 5.75 Å². The predicted octanol–water partition coefficient (Wildman–Crippen LogP) is 1.56. The van der Waals surface area contributed by atoms with Gasteiger partial charge in [-0.3, -0.25) is 4.57 Å². The molecule has 2 N–H and O–H groups in total. The second kappa shape index (κ2) is 5.64. The normalized spacial score (nSPS) is 10.9. The van der Waals surface area contributed by atoms with E-state index in [0.717, 1.165) is 17.4 Å². The molecule has 2 aromatic rings. The number of hydrogen-bond donors (Lipinski definition) is 1. The molecule has 5 nitrogen and oxygen atoms in total. The van der Waals surface area contributed by atoms with Crippen molar-refractivity contribution in [2.24, 2.45) is 5.73 Å². The van der Waals surface area contributed by atoms with Crippen molar-refractivity contribution in [1.29, 1.82) is 0 Å². The molecular weight excluding hydrogens is 228 g/mol. The number of nitrogens with zero attached hydrogens (tertiary/aromatic N) is 3. The Labute approximate surface area is 107 Å². The summed E-state index contributed by atoms with van der Waals surface area (Å²) in [6.07, 6.45) is 6.19. The molecule has 0 aromatic carbocycles. The smallest absolute Gasteiger partial charge is 0.181 e. The first kappa shape index (κ1) is 12.6. The zero-order valence-corrected chi connectivity index (χ0v) is 10.7. The molecule has 0 fully saturated rings. The predicted molar refractivity (Wildman–Crippen MR) is 69.9 cm³/mol. The molecule has 2 aromatic heterocycles. The number of ether oxygens (including phenoxy) is 1. The summed E-state index contributed by atoms with van der Waals surface area (Å²) in [5.41, 5.74) is 5.58. The Balaban J connectivity index is 2.40. The summed E-state index contributed by atoms with van der Waals surface area (Å²) in [5.74, 6) is 2.40. The van der Waals surface area contributed by atoms with E-state index in [9.17, 15) is 0 Å². The summed E-state index contributed by atoms with van der Waals surface area (Å²) in [5, 5.41) is 0. The van der Waals surface area contributed by atoms with Crippen LogP contribution in [0.15, 0.2) is 30.7 Å². The summed E-state index contributed by atoms with van der Waals surface area (Å²) < 4.78 is 7.68. The molecule has 0 aliphatic heterocycles. The van der Waals surface area contributed by atoms with Gasteiger partial charge < -0.3 is 10.5 Å². The standard InChI is InChI=1S/C13H18N4O/c1-10(2)18-11-4-3-7-16-13(11)17-9-8-15-12(17)5-6-14/h3-4,7-10H,5-6,14H2,1-2H3. The number of nitrogens with two attached hydrogens (primary N) is 1. The lowest BCUT2D eigenvalue weighted by Gasteiger charge is -2.14. The molecule has 0 spiro atoms. The molecule has 2 heterocycles. The van der Waals surface area contributed by atoms with E-state index < -0.39 is 0 Å². The van der Waals surface area contributed by atoms with Gasteiger partial charge in [0.1, 0.15) is 5.82 Å². The third-order valence-electron chi connectivity index (χ3n) is 2.43. The Kier molecular flexibility index (Phi) is 3.94. The highest BCUT2D eigenvalue weighted by molar-refractivity contribution is 5.41. The Bertz CT molecular complexity index is 507. The van der Waals surface area contributed by atoms with Crippen molar-refractivity contribution in [2.75, 3.05) is 6.54 Å². The molecule has 0 saturated carbocycles. The largest absolute Gasteiger partial charge is 0.487 e. The van der Waals surface area contributed by atoms with E-state index in [0.29, 0.717) is 13.0 Å². The minimum atomic E-state index is 0.106. The zero-order valence-electron chi connectivity index (χ0n) is 10.7. The number of pyridine rings is 1. The Morgan fingerprint density at radius 1 is 1.33 bits per heavy atom. The zero-order chi connectivity index (χ0) is 13.0. The van der Waals surface area contributed by atoms with Gasteiger partial charge in [-0.25, -0.2) is 9.97 Å². The van der Waals surface area contributed by atoms with Crippen LogP contribution in [0.25, 0.3) is 5.82 Å². The van der Waals surface area contributed by atoms with E-state index in [2.05, 4.69) is 9.97 Å². The van der Waals surface area contributed by atoms with E-state index in [1.54, 1.807) is 12.4 Å². The highest BCUT2D eigenvalue weighted by Crippen LogP contribution is 2.22. The molecule has 0 unspecified atom stereocenters. The summed E-state index contributed by atoms with van der Waals surface area (Å²) >= 11 is 0. The van der Waals surface area contributed by atoms with E-state index in [4.69, 9.17) is 10.5 Å². The summed E-state index contributed by atoms with van der Waals surface area (Å²) in [4.78, 5) is 8.66. The Hall–Kier alpha value is -1.88. The molecule has 96 valence electrons. The SMILES string of the molecule is CC(C)Oc1cccnc1-n1ccnc1CCN. The molecular formula is C13H18N4O. The van der Waals surface area contributed by atoms with Crippen LogP contribution in [0.4, 0.5) is 0 Å². The van der Waals surface area contributed by atoms with Crippen LogP contribution in [0.1, 0.15) is 19.7 Å². The lowest BCUT2D eigenvalue weighted by Crippen LogP contribution is -2.12. The lowest BCUT2D eigenvalue weighted by atomic mass is 10.3. The summed E-state index contributed by atoms with van der Waals surface area (Å²) in [6.45, 7) is 4.54.